The van der Waals surface area contributed by atoms with Crippen LogP contribution in [0.3, 0.4) is 0 Å². The Labute approximate surface area is 163 Å². The zero-order valence-electron chi connectivity index (χ0n) is 15.6. The minimum atomic E-state index is -0.0586. The van der Waals surface area contributed by atoms with Crippen LogP contribution in [0.2, 0.25) is 0 Å². The predicted octanol–water partition coefficient (Wildman–Crippen LogP) is 4.16. The molecule has 4 aromatic rings. The third kappa shape index (κ3) is 2.99. The topological polar surface area (TPSA) is 62.7 Å². The second kappa shape index (κ2) is 7.00. The van der Waals surface area contributed by atoms with Gasteiger partial charge in [-0.15, -0.1) is 0 Å². The Morgan fingerprint density at radius 2 is 1.93 bits per heavy atom. The summed E-state index contributed by atoms with van der Waals surface area (Å²) in [6, 6.07) is 15.9. The van der Waals surface area contributed by atoms with E-state index in [0.29, 0.717) is 12.1 Å². The lowest BCUT2D eigenvalue weighted by molar-refractivity contribution is 0.0952. The largest absolute Gasteiger partial charge is 0.358 e. The summed E-state index contributed by atoms with van der Waals surface area (Å²) in [5, 5.41) is 8.62. The van der Waals surface area contributed by atoms with Crippen molar-refractivity contribution < 1.29 is 4.79 Å². The molecule has 2 aromatic carbocycles. The normalized spacial score (nSPS) is 13.4. The highest BCUT2D eigenvalue weighted by atomic mass is 16.1. The zero-order valence-corrected chi connectivity index (χ0v) is 15.6. The summed E-state index contributed by atoms with van der Waals surface area (Å²) in [7, 11) is 0. The fourth-order valence-electron chi connectivity index (χ4n) is 4.07. The lowest BCUT2D eigenvalue weighted by Crippen LogP contribution is -2.22. The van der Waals surface area contributed by atoms with Crippen molar-refractivity contribution in [2.24, 2.45) is 0 Å². The van der Waals surface area contributed by atoms with Crippen molar-refractivity contribution in [2.45, 2.75) is 32.2 Å². The van der Waals surface area contributed by atoms with E-state index in [9.17, 15) is 4.79 Å². The van der Waals surface area contributed by atoms with E-state index in [1.165, 1.54) is 29.5 Å². The molecule has 2 N–H and O–H groups in total. The Balaban J connectivity index is 1.35. The van der Waals surface area contributed by atoms with Crippen LogP contribution in [0.25, 0.3) is 16.6 Å². The number of aromatic amines is 1. The highest BCUT2D eigenvalue weighted by Crippen LogP contribution is 2.30. The number of aromatic nitrogens is 3. The maximum atomic E-state index is 12.9. The number of hydrogen-bond acceptors (Lipinski definition) is 2. The molecule has 0 fully saturated rings. The quantitative estimate of drug-likeness (QED) is 0.566. The van der Waals surface area contributed by atoms with Crippen LogP contribution < -0.4 is 5.32 Å². The standard InChI is InChI=1S/C23H22N4O/c28-23(24-13-16-14-25-27(15-16)17-7-2-1-3-8-17)20-11-6-10-19-18-9-4-5-12-21(18)26-22(19)20/h1-3,6-8,10-11,14-15,26H,4-5,9,12-13H2,(H,24,28). The van der Waals surface area contributed by atoms with E-state index in [2.05, 4.69) is 21.5 Å². The first-order valence-corrected chi connectivity index (χ1v) is 9.79. The SMILES string of the molecule is O=C(NCc1cnn(-c2ccccc2)c1)c1cccc2c3c([nH]c12)CCCC3. The number of carbonyl (C=O) groups is 1. The number of H-pyrrole nitrogens is 1. The van der Waals surface area contributed by atoms with Gasteiger partial charge in [-0.3, -0.25) is 4.79 Å². The molecular weight excluding hydrogens is 348 g/mol. The minimum absolute atomic E-state index is 0.0586. The molecule has 0 saturated carbocycles. The maximum absolute atomic E-state index is 12.9. The second-order valence-electron chi connectivity index (χ2n) is 7.33. The summed E-state index contributed by atoms with van der Waals surface area (Å²) in [5.74, 6) is -0.0586. The fourth-order valence-corrected chi connectivity index (χ4v) is 4.07. The number of carbonyl (C=O) groups excluding carboxylic acids is 1. The van der Waals surface area contributed by atoms with Crippen LogP contribution in [0, 0.1) is 0 Å². The van der Waals surface area contributed by atoms with Gasteiger partial charge in [0.15, 0.2) is 0 Å². The summed E-state index contributed by atoms with van der Waals surface area (Å²) < 4.78 is 1.82. The molecule has 5 nitrogen and oxygen atoms in total. The van der Waals surface area contributed by atoms with Crippen LogP contribution in [0.5, 0.6) is 0 Å². The number of rotatable bonds is 4. The van der Waals surface area contributed by atoms with Gasteiger partial charge in [0.05, 0.1) is 23.0 Å². The Morgan fingerprint density at radius 3 is 2.82 bits per heavy atom. The smallest absolute Gasteiger partial charge is 0.253 e. The van der Waals surface area contributed by atoms with E-state index in [0.717, 1.165) is 29.6 Å². The number of amides is 1. The van der Waals surface area contributed by atoms with Crippen molar-refractivity contribution in [1.82, 2.24) is 20.1 Å². The highest BCUT2D eigenvalue weighted by Gasteiger charge is 2.19. The van der Waals surface area contributed by atoms with E-state index in [4.69, 9.17) is 0 Å². The van der Waals surface area contributed by atoms with Gasteiger partial charge in [-0.25, -0.2) is 4.68 Å². The third-order valence-electron chi connectivity index (χ3n) is 5.49. The molecule has 0 saturated heterocycles. The number of para-hydroxylation sites is 2. The molecule has 5 rings (SSSR count). The van der Waals surface area contributed by atoms with Gasteiger partial charge < -0.3 is 10.3 Å². The summed E-state index contributed by atoms with van der Waals surface area (Å²) in [6.45, 7) is 0.447. The Hall–Kier alpha value is -3.34. The van der Waals surface area contributed by atoms with E-state index in [-0.39, 0.29) is 5.91 Å². The average Bonchev–Trinajstić information content (AvgIpc) is 3.37. The Kier molecular flexibility index (Phi) is 4.20. The summed E-state index contributed by atoms with van der Waals surface area (Å²) in [6.07, 6.45) is 8.35. The molecule has 2 heterocycles. The Morgan fingerprint density at radius 1 is 1.07 bits per heavy atom. The zero-order chi connectivity index (χ0) is 18.9. The van der Waals surface area contributed by atoms with Crippen LogP contribution in [0.1, 0.15) is 40.0 Å². The van der Waals surface area contributed by atoms with Crippen molar-refractivity contribution >= 4 is 16.8 Å². The van der Waals surface area contributed by atoms with E-state index < -0.39 is 0 Å². The van der Waals surface area contributed by atoms with Gasteiger partial charge in [0.2, 0.25) is 0 Å². The summed E-state index contributed by atoms with van der Waals surface area (Å²) >= 11 is 0. The van der Waals surface area contributed by atoms with Crippen molar-refractivity contribution in [3.05, 3.63) is 83.3 Å². The van der Waals surface area contributed by atoms with E-state index in [1.54, 1.807) is 6.20 Å². The summed E-state index contributed by atoms with van der Waals surface area (Å²) in [5.41, 5.74) is 6.33. The first-order chi connectivity index (χ1) is 13.8. The van der Waals surface area contributed by atoms with Gasteiger partial charge in [0.1, 0.15) is 0 Å². The highest BCUT2D eigenvalue weighted by molar-refractivity contribution is 6.06. The van der Waals surface area contributed by atoms with Gasteiger partial charge in [-0.1, -0.05) is 30.3 Å². The molecule has 1 aliphatic rings. The average molecular weight is 370 g/mol. The van der Waals surface area contributed by atoms with Crippen molar-refractivity contribution in [2.75, 3.05) is 0 Å². The molecule has 0 aliphatic heterocycles. The molecule has 0 spiro atoms. The number of hydrogen-bond donors (Lipinski definition) is 2. The number of benzene rings is 2. The van der Waals surface area contributed by atoms with Crippen LogP contribution >= 0.6 is 0 Å². The summed E-state index contributed by atoms with van der Waals surface area (Å²) in [4.78, 5) is 16.4. The first kappa shape index (κ1) is 16.8. The van der Waals surface area contributed by atoms with Crippen molar-refractivity contribution in [3.8, 4) is 5.69 Å². The molecule has 28 heavy (non-hydrogen) atoms. The van der Waals surface area contributed by atoms with Crippen molar-refractivity contribution in [3.63, 3.8) is 0 Å². The van der Waals surface area contributed by atoms with Crippen LogP contribution in [-0.4, -0.2) is 20.7 Å². The van der Waals surface area contributed by atoms with E-state index >= 15 is 0 Å². The fraction of sp³-hybridized carbons (Fsp3) is 0.217. The maximum Gasteiger partial charge on any atom is 0.253 e. The van der Waals surface area contributed by atoms with Crippen molar-refractivity contribution in [1.29, 1.82) is 0 Å². The second-order valence-corrected chi connectivity index (χ2v) is 7.33. The molecule has 0 unspecified atom stereocenters. The third-order valence-corrected chi connectivity index (χ3v) is 5.49. The van der Waals surface area contributed by atoms with Crippen LogP contribution in [-0.2, 0) is 19.4 Å². The lowest BCUT2D eigenvalue weighted by Gasteiger charge is -2.10. The molecular formula is C23H22N4O. The number of nitrogens with zero attached hydrogens (tertiary/aromatic N) is 2. The van der Waals surface area contributed by atoms with Gasteiger partial charge in [0, 0.05) is 29.4 Å². The van der Waals surface area contributed by atoms with Crippen LogP contribution in [0.15, 0.2) is 60.9 Å². The molecule has 1 aliphatic carbocycles. The number of aryl methyl sites for hydroxylation is 2. The van der Waals surface area contributed by atoms with Gasteiger partial charge in [-0.05, 0) is 49.4 Å². The monoisotopic (exact) mass is 370 g/mol. The lowest BCUT2D eigenvalue weighted by atomic mass is 9.95. The molecule has 5 heteroatoms. The van der Waals surface area contributed by atoms with Crippen LogP contribution in [0.4, 0.5) is 0 Å². The van der Waals surface area contributed by atoms with Gasteiger partial charge in [0.25, 0.3) is 5.91 Å². The number of fused-ring (bicyclic) bond motifs is 3. The molecule has 140 valence electrons. The molecule has 1 amide bonds. The number of nitrogens with one attached hydrogen (secondary N) is 2. The molecule has 0 radical (unpaired) electrons. The first-order valence-electron chi connectivity index (χ1n) is 9.79. The van der Waals surface area contributed by atoms with Gasteiger partial charge >= 0.3 is 0 Å². The molecule has 2 aromatic heterocycles. The molecule has 0 atom stereocenters. The Bertz CT molecular complexity index is 1140. The minimum Gasteiger partial charge on any atom is -0.358 e. The van der Waals surface area contributed by atoms with Gasteiger partial charge in [-0.2, -0.15) is 5.10 Å². The van der Waals surface area contributed by atoms with E-state index in [1.807, 2.05) is 53.3 Å². The molecule has 0 bridgehead atoms. The predicted molar refractivity (Wildman–Crippen MR) is 110 cm³/mol.